The fourth-order valence-electron chi connectivity index (χ4n) is 1.07. The molecule has 0 rings (SSSR count). The number of carboxylic acids is 1. The molecule has 0 spiro atoms. The van der Waals surface area contributed by atoms with Gasteiger partial charge in [0.15, 0.2) is 0 Å². The van der Waals surface area contributed by atoms with Gasteiger partial charge in [0.2, 0.25) is 5.91 Å². The Labute approximate surface area is 89.0 Å². The maximum atomic E-state index is 10.9. The van der Waals surface area contributed by atoms with Crippen molar-refractivity contribution in [2.24, 2.45) is 11.5 Å². The molecule has 0 radical (unpaired) electrons. The molecule has 0 aromatic carbocycles. The van der Waals surface area contributed by atoms with Gasteiger partial charge in [0.25, 0.3) is 0 Å². The number of nitrogens with two attached hydrogens (primary N) is 2. The van der Waals surface area contributed by atoms with Crippen LogP contribution in [0.25, 0.3) is 0 Å². The number of hydrogen-bond donors (Lipinski definition) is 4. The molecule has 0 aliphatic rings. The van der Waals surface area contributed by atoms with Gasteiger partial charge in [-0.25, -0.2) is 0 Å². The number of primary amides is 1. The number of carbonyl (C=O) groups is 2. The first-order valence-electron chi connectivity index (χ1n) is 4.77. The molecule has 1 unspecified atom stereocenters. The molecule has 6 nitrogen and oxygen atoms in total. The van der Waals surface area contributed by atoms with Gasteiger partial charge in [0.1, 0.15) is 6.04 Å². The third kappa shape index (κ3) is 6.03. The lowest BCUT2D eigenvalue weighted by atomic mass is 10.0. The van der Waals surface area contributed by atoms with Crippen LogP contribution in [0.3, 0.4) is 0 Å². The van der Waals surface area contributed by atoms with Crippen LogP contribution in [0.5, 0.6) is 0 Å². The van der Waals surface area contributed by atoms with Crippen molar-refractivity contribution in [3.63, 3.8) is 0 Å². The van der Waals surface area contributed by atoms with E-state index in [1.54, 1.807) is 13.8 Å². The van der Waals surface area contributed by atoms with E-state index in [1.807, 2.05) is 0 Å². The Bertz CT molecular complexity index is 241. The molecule has 88 valence electrons. The molecule has 0 aromatic rings. The zero-order valence-corrected chi connectivity index (χ0v) is 9.12. The van der Waals surface area contributed by atoms with Crippen LogP contribution in [-0.4, -0.2) is 35.1 Å². The lowest BCUT2D eigenvalue weighted by Gasteiger charge is -2.28. The number of carbonyl (C=O) groups excluding carboxylic acids is 1. The van der Waals surface area contributed by atoms with Gasteiger partial charge in [-0.05, 0) is 20.3 Å². The van der Waals surface area contributed by atoms with E-state index in [2.05, 4.69) is 5.32 Å². The molecular formula is C9H19N3O3. The Balaban J connectivity index is 4.28. The highest BCUT2D eigenvalue weighted by atomic mass is 16.4. The summed E-state index contributed by atoms with van der Waals surface area (Å²) in [5.41, 5.74) is 9.94. The van der Waals surface area contributed by atoms with Gasteiger partial charge in [-0.1, -0.05) is 0 Å². The van der Waals surface area contributed by atoms with E-state index in [4.69, 9.17) is 16.6 Å². The van der Waals surface area contributed by atoms with E-state index < -0.39 is 23.5 Å². The van der Waals surface area contributed by atoms with Gasteiger partial charge >= 0.3 is 5.97 Å². The van der Waals surface area contributed by atoms with Crippen molar-refractivity contribution in [2.75, 3.05) is 6.54 Å². The molecule has 0 saturated carbocycles. The average Bonchev–Trinajstić information content (AvgIpc) is 2.11. The van der Waals surface area contributed by atoms with Gasteiger partial charge < -0.3 is 16.6 Å². The summed E-state index contributed by atoms with van der Waals surface area (Å²) in [6.07, 6.45) is 0.221. The Morgan fingerprint density at radius 3 is 2.33 bits per heavy atom. The van der Waals surface area contributed by atoms with Crippen LogP contribution in [0.2, 0.25) is 0 Å². The minimum absolute atomic E-state index is 0.0462. The Morgan fingerprint density at radius 1 is 1.47 bits per heavy atom. The Kier molecular flexibility index (Phi) is 5.24. The molecule has 1 atom stereocenters. The lowest BCUT2D eigenvalue weighted by molar-refractivity contribution is -0.140. The molecule has 15 heavy (non-hydrogen) atoms. The fraction of sp³-hybridized carbons (Fsp3) is 0.778. The predicted molar refractivity (Wildman–Crippen MR) is 56.1 cm³/mol. The van der Waals surface area contributed by atoms with E-state index in [0.29, 0.717) is 6.54 Å². The minimum atomic E-state index is -1.00. The smallest absolute Gasteiger partial charge is 0.320 e. The summed E-state index contributed by atoms with van der Waals surface area (Å²) < 4.78 is 0. The van der Waals surface area contributed by atoms with Gasteiger partial charge in [-0.15, -0.1) is 0 Å². The number of amides is 1. The Morgan fingerprint density at radius 2 is 2.00 bits per heavy atom. The zero-order chi connectivity index (χ0) is 12.1. The average molecular weight is 217 g/mol. The van der Waals surface area contributed by atoms with Crippen LogP contribution in [0.1, 0.15) is 26.7 Å². The van der Waals surface area contributed by atoms with Crippen molar-refractivity contribution in [1.82, 2.24) is 5.32 Å². The van der Waals surface area contributed by atoms with E-state index >= 15 is 0 Å². The molecule has 6 heteroatoms. The SMILES string of the molecule is CC(C)(CN)NC(CCC(N)=O)C(=O)O. The van der Waals surface area contributed by atoms with Crippen molar-refractivity contribution >= 4 is 11.9 Å². The van der Waals surface area contributed by atoms with Crippen molar-refractivity contribution in [2.45, 2.75) is 38.3 Å². The van der Waals surface area contributed by atoms with Gasteiger partial charge in [0, 0.05) is 18.5 Å². The van der Waals surface area contributed by atoms with E-state index in [9.17, 15) is 9.59 Å². The molecular weight excluding hydrogens is 198 g/mol. The maximum absolute atomic E-state index is 10.9. The molecule has 0 bridgehead atoms. The van der Waals surface area contributed by atoms with E-state index in [1.165, 1.54) is 0 Å². The number of nitrogens with one attached hydrogen (secondary N) is 1. The number of hydrogen-bond acceptors (Lipinski definition) is 4. The lowest BCUT2D eigenvalue weighted by Crippen LogP contribution is -2.53. The molecule has 0 aliphatic heterocycles. The predicted octanol–water partition coefficient (Wildman–Crippen LogP) is -0.968. The second-order valence-electron chi connectivity index (χ2n) is 4.13. The highest BCUT2D eigenvalue weighted by molar-refractivity contribution is 5.77. The van der Waals surface area contributed by atoms with Crippen LogP contribution in [0.4, 0.5) is 0 Å². The van der Waals surface area contributed by atoms with E-state index in [0.717, 1.165) is 0 Å². The van der Waals surface area contributed by atoms with Crippen LogP contribution in [0.15, 0.2) is 0 Å². The second-order valence-corrected chi connectivity index (χ2v) is 4.13. The van der Waals surface area contributed by atoms with Gasteiger partial charge in [-0.3, -0.25) is 14.9 Å². The molecule has 0 saturated heterocycles. The highest BCUT2D eigenvalue weighted by Gasteiger charge is 2.25. The summed E-state index contributed by atoms with van der Waals surface area (Å²) in [5.74, 6) is -1.51. The number of rotatable bonds is 7. The molecule has 0 aromatic heterocycles. The summed E-state index contributed by atoms with van der Waals surface area (Å²) >= 11 is 0. The topological polar surface area (TPSA) is 118 Å². The first-order chi connectivity index (χ1) is 6.78. The molecule has 6 N–H and O–H groups in total. The molecule has 0 aliphatic carbocycles. The molecule has 1 amide bonds. The molecule has 0 heterocycles. The van der Waals surface area contributed by atoms with Crippen LogP contribution in [-0.2, 0) is 9.59 Å². The third-order valence-corrected chi connectivity index (χ3v) is 2.05. The Hall–Kier alpha value is -1.14. The highest BCUT2D eigenvalue weighted by Crippen LogP contribution is 2.05. The standard InChI is InChI=1S/C9H19N3O3/c1-9(2,5-10)12-6(8(14)15)3-4-7(11)13/h6,12H,3-5,10H2,1-2H3,(H2,11,13)(H,14,15). The van der Waals surface area contributed by atoms with Crippen molar-refractivity contribution in [3.05, 3.63) is 0 Å². The number of aliphatic carboxylic acids is 1. The van der Waals surface area contributed by atoms with Gasteiger partial charge in [0.05, 0.1) is 0 Å². The van der Waals surface area contributed by atoms with Crippen LogP contribution in [0, 0.1) is 0 Å². The van der Waals surface area contributed by atoms with Crippen LogP contribution < -0.4 is 16.8 Å². The van der Waals surface area contributed by atoms with Gasteiger partial charge in [-0.2, -0.15) is 0 Å². The number of carboxylic acid groups (broad SMARTS) is 1. The normalized spacial score (nSPS) is 13.5. The van der Waals surface area contributed by atoms with Crippen molar-refractivity contribution in [1.29, 1.82) is 0 Å². The van der Waals surface area contributed by atoms with E-state index in [-0.39, 0.29) is 12.8 Å². The zero-order valence-electron chi connectivity index (χ0n) is 9.12. The fourth-order valence-corrected chi connectivity index (χ4v) is 1.07. The van der Waals surface area contributed by atoms with Crippen molar-refractivity contribution < 1.29 is 14.7 Å². The maximum Gasteiger partial charge on any atom is 0.320 e. The summed E-state index contributed by atoms with van der Waals surface area (Å²) in [6, 6.07) is -0.795. The van der Waals surface area contributed by atoms with Crippen LogP contribution >= 0.6 is 0 Å². The summed E-state index contributed by atoms with van der Waals surface area (Å²) in [6.45, 7) is 3.91. The minimum Gasteiger partial charge on any atom is -0.480 e. The largest absolute Gasteiger partial charge is 0.480 e. The third-order valence-electron chi connectivity index (χ3n) is 2.05. The first-order valence-corrected chi connectivity index (χ1v) is 4.77. The summed E-state index contributed by atoms with van der Waals surface area (Å²) in [5, 5.41) is 11.8. The summed E-state index contributed by atoms with van der Waals surface area (Å²) in [7, 11) is 0. The summed E-state index contributed by atoms with van der Waals surface area (Å²) in [4.78, 5) is 21.4. The quantitative estimate of drug-likeness (QED) is 0.437. The van der Waals surface area contributed by atoms with Crippen molar-refractivity contribution in [3.8, 4) is 0 Å². The first kappa shape index (κ1) is 13.9. The monoisotopic (exact) mass is 217 g/mol. The second kappa shape index (κ2) is 5.67. The molecule has 0 fully saturated rings.